The molecular formula is C13H13NO3. The van der Waals surface area contributed by atoms with Crippen molar-refractivity contribution in [2.45, 2.75) is 19.4 Å². The molecule has 2 N–H and O–H groups in total. The van der Waals surface area contributed by atoms with Crippen LogP contribution in [-0.4, -0.2) is 20.7 Å². The number of aliphatic carboxylic acids is 1. The average Bonchev–Trinajstić information content (AvgIpc) is 2.68. The summed E-state index contributed by atoms with van der Waals surface area (Å²) in [5.41, 5.74) is 2.03. The van der Waals surface area contributed by atoms with E-state index in [1.165, 1.54) is 0 Å². The number of aryl methyl sites for hydroxylation is 1. The Balaban J connectivity index is 2.15. The van der Waals surface area contributed by atoms with Gasteiger partial charge in [-0.1, -0.05) is 6.07 Å². The van der Waals surface area contributed by atoms with Gasteiger partial charge in [0.25, 0.3) is 0 Å². The van der Waals surface area contributed by atoms with Crippen molar-refractivity contribution < 1.29 is 15.0 Å². The fraction of sp³-hybridized carbons (Fsp3) is 0.308. The molecule has 1 aliphatic rings. The third-order valence-corrected chi connectivity index (χ3v) is 3.51. The molecule has 2 heterocycles. The highest BCUT2D eigenvalue weighted by Gasteiger charge is 2.25. The predicted octanol–water partition coefficient (Wildman–Crippen LogP) is 1.99. The molecule has 0 aliphatic carbocycles. The Bertz CT molecular complexity index is 600. The van der Waals surface area contributed by atoms with E-state index in [0.29, 0.717) is 13.0 Å². The number of phenolic OH excluding ortho intramolecular Hbond substituents is 1. The Morgan fingerprint density at radius 1 is 1.41 bits per heavy atom. The number of hydrogen-bond acceptors (Lipinski definition) is 2. The first kappa shape index (κ1) is 10.2. The van der Waals surface area contributed by atoms with E-state index in [1.807, 2.05) is 16.7 Å². The molecule has 0 radical (unpaired) electrons. The second kappa shape index (κ2) is 3.52. The SMILES string of the molecule is O=C(O)C1CCc2cc3c(O)cccc3n2C1. The van der Waals surface area contributed by atoms with Gasteiger partial charge in [0.1, 0.15) is 5.75 Å². The summed E-state index contributed by atoms with van der Waals surface area (Å²) in [4.78, 5) is 11.0. The second-order valence-corrected chi connectivity index (χ2v) is 4.53. The van der Waals surface area contributed by atoms with E-state index in [1.54, 1.807) is 12.1 Å². The molecule has 1 aromatic heterocycles. The number of benzene rings is 1. The summed E-state index contributed by atoms with van der Waals surface area (Å²) in [7, 11) is 0. The Morgan fingerprint density at radius 2 is 2.24 bits per heavy atom. The largest absolute Gasteiger partial charge is 0.507 e. The van der Waals surface area contributed by atoms with Gasteiger partial charge < -0.3 is 14.8 Å². The van der Waals surface area contributed by atoms with E-state index in [4.69, 9.17) is 5.11 Å². The Kier molecular flexibility index (Phi) is 2.11. The van der Waals surface area contributed by atoms with E-state index in [-0.39, 0.29) is 11.7 Å². The molecule has 0 spiro atoms. The number of rotatable bonds is 1. The lowest BCUT2D eigenvalue weighted by molar-refractivity contribution is -0.142. The van der Waals surface area contributed by atoms with Crippen molar-refractivity contribution >= 4 is 16.9 Å². The first-order chi connectivity index (χ1) is 8.16. The summed E-state index contributed by atoms with van der Waals surface area (Å²) in [5, 5.41) is 19.6. The summed E-state index contributed by atoms with van der Waals surface area (Å²) in [5.74, 6) is -0.797. The highest BCUT2D eigenvalue weighted by molar-refractivity contribution is 5.87. The van der Waals surface area contributed by atoms with Gasteiger partial charge in [-0.25, -0.2) is 0 Å². The van der Waals surface area contributed by atoms with E-state index in [0.717, 1.165) is 23.0 Å². The molecule has 0 saturated carbocycles. The van der Waals surface area contributed by atoms with Crippen LogP contribution in [0.15, 0.2) is 24.3 Å². The van der Waals surface area contributed by atoms with Crippen molar-refractivity contribution in [2.75, 3.05) is 0 Å². The zero-order chi connectivity index (χ0) is 12.0. The molecule has 0 amide bonds. The Morgan fingerprint density at radius 3 is 3.00 bits per heavy atom. The van der Waals surface area contributed by atoms with E-state index < -0.39 is 5.97 Å². The lowest BCUT2D eigenvalue weighted by atomic mass is 9.98. The standard InChI is InChI=1S/C13H13NO3/c15-12-3-1-2-11-10(12)6-9-5-4-8(13(16)17)7-14(9)11/h1-3,6,8,15H,4-5,7H2,(H,16,17). The van der Waals surface area contributed by atoms with Gasteiger partial charge in [-0.05, 0) is 31.0 Å². The number of carboxylic acid groups (broad SMARTS) is 1. The average molecular weight is 231 g/mol. The number of fused-ring (bicyclic) bond motifs is 3. The van der Waals surface area contributed by atoms with Gasteiger partial charge in [0.2, 0.25) is 0 Å². The number of nitrogens with zero attached hydrogens (tertiary/aromatic N) is 1. The normalized spacial score (nSPS) is 19.2. The van der Waals surface area contributed by atoms with Crippen LogP contribution in [0, 0.1) is 5.92 Å². The molecular weight excluding hydrogens is 218 g/mol. The second-order valence-electron chi connectivity index (χ2n) is 4.53. The highest BCUT2D eigenvalue weighted by Crippen LogP contribution is 2.32. The number of aromatic nitrogens is 1. The lowest BCUT2D eigenvalue weighted by Crippen LogP contribution is -2.26. The van der Waals surface area contributed by atoms with Crippen molar-refractivity contribution in [3.05, 3.63) is 30.0 Å². The lowest BCUT2D eigenvalue weighted by Gasteiger charge is -2.22. The zero-order valence-corrected chi connectivity index (χ0v) is 9.26. The molecule has 1 atom stereocenters. The van der Waals surface area contributed by atoms with Crippen LogP contribution in [0.2, 0.25) is 0 Å². The summed E-state index contributed by atoms with van der Waals surface area (Å²) in [6.45, 7) is 0.498. The topological polar surface area (TPSA) is 62.5 Å². The summed E-state index contributed by atoms with van der Waals surface area (Å²) in [6.07, 6.45) is 1.43. The fourth-order valence-corrected chi connectivity index (χ4v) is 2.58. The minimum atomic E-state index is -0.738. The number of aromatic hydroxyl groups is 1. The Hall–Kier alpha value is -1.97. The molecule has 0 fully saturated rings. The number of carbonyl (C=O) groups is 1. The highest BCUT2D eigenvalue weighted by atomic mass is 16.4. The quantitative estimate of drug-likeness (QED) is 0.789. The van der Waals surface area contributed by atoms with Crippen LogP contribution in [0.5, 0.6) is 5.75 Å². The monoisotopic (exact) mass is 231 g/mol. The molecule has 17 heavy (non-hydrogen) atoms. The zero-order valence-electron chi connectivity index (χ0n) is 9.26. The van der Waals surface area contributed by atoms with Gasteiger partial charge in [-0.2, -0.15) is 0 Å². The third-order valence-electron chi connectivity index (χ3n) is 3.51. The minimum Gasteiger partial charge on any atom is -0.507 e. The van der Waals surface area contributed by atoms with Crippen LogP contribution >= 0.6 is 0 Å². The first-order valence-corrected chi connectivity index (χ1v) is 5.69. The van der Waals surface area contributed by atoms with Gasteiger partial charge in [0, 0.05) is 17.6 Å². The molecule has 4 heteroatoms. The maximum Gasteiger partial charge on any atom is 0.308 e. The number of carboxylic acids is 1. The first-order valence-electron chi connectivity index (χ1n) is 5.69. The van der Waals surface area contributed by atoms with Gasteiger partial charge in [-0.15, -0.1) is 0 Å². The van der Waals surface area contributed by atoms with Gasteiger partial charge in [0.15, 0.2) is 0 Å². The third kappa shape index (κ3) is 1.48. The van der Waals surface area contributed by atoms with Crippen LogP contribution < -0.4 is 0 Å². The maximum absolute atomic E-state index is 11.0. The Labute approximate surface area is 98.1 Å². The molecule has 0 bridgehead atoms. The molecule has 88 valence electrons. The van der Waals surface area contributed by atoms with Crippen LogP contribution in [0.4, 0.5) is 0 Å². The molecule has 1 aromatic carbocycles. The van der Waals surface area contributed by atoms with Crippen LogP contribution in [0.25, 0.3) is 10.9 Å². The van der Waals surface area contributed by atoms with E-state index in [2.05, 4.69) is 0 Å². The van der Waals surface area contributed by atoms with Crippen LogP contribution in [-0.2, 0) is 17.8 Å². The van der Waals surface area contributed by atoms with Crippen molar-refractivity contribution in [3.63, 3.8) is 0 Å². The number of phenols is 1. The van der Waals surface area contributed by atoms with Gasteiger partial charge in [-0.3, -0.25) is 4.79 Å². The van der Waals surface area contributed by atoms with E-state index >= 15 is 0 Å². The van der Waals surface area contributed by atoms with E-state index in [9.17, 15) is 9.90 Å². The minimum absolute atomic E-state index is 0.260. The smallest absolute Gasteiger partial charge is 0.308 e. The molecule has 2 aromatic rings. The molecule has 1 unspecified atom stereocenters. The molecule has 4 nitrogen and oxygen atoms in total. The van der Waals surface area contributed by atoms with Crippen molar-refractivity contribution in [1.82, 2.24) is 4.57 Å². The van der Waals surface area contributed by atoms with Crippen molar-refractivity contribution in [3.8, 4) is 5.75 Å². The summed E-state index contributed by atoms with van der Waals surface area (Å²) in [6, 6.07) is 7.32. The maximum atomic E-state index is 11.0. The summed E-state index contributed by atoms with van der Waals surface area (Å²) < 4.78 is 2.01. The van der Waals surface area contributed by atoms with Gasteiger partial charge in [0.05, 0.1) is 11.4 Å². The molecule has 0 saturated heterocycles. The predicted molar refractivity (Wildman–Crippen MR) is 63.0 cm³/mol. The van der Waals surface area contributed by atoms with Crippen LogP contribution in [0.3, 0.4) is 0 Å². The van der Waals surface area contributed by atoms with Crippen molar-refractivity contribution in [1.29, 1.82) is 0 Å². The van der Waals surface area contributed by atoms with Gasteiger partial charge >= 0.3 is 5.97 Å². The summed E-state index contributed by atoms with van der Waals surface area (Å²) >= 11 is 0. The number of hydrogen-bond donors (Lipinski definition) is 2. The van der Waals surface area contributed by atoms with Crippen LogP contribution in [0.1, 0.15) is 12.1 Å². The fourth-order valence-electron chi connectivity index (χ4n) is 2.58. The molecule has 3 rings (SSSR count). The molecule has 1 aliphatic heterocycles. The van der Waals surface area contributed by atoms with Crippen molar-refractivity contribution in [2.24, 2.45) is 5.92 Å².